The second-order valence-electron chi connectivity index (χ2n) is 9.40. The number of hydrogen-bond acceptors (Lipinski definition) is 4. The van der Waals surface area contributed by atoms with Gasteiger partial charge >= 0.3 is 0 Å². The maximum Gasteiger partial charge on any atom is 0.248 e. The van der Waals surface area contributed by atoms with Crippen LogP contribution in [0.3, 0.4) is 0 Å². The normalized spacial score (nSPS) is 22.2. The molecule has 1 saturated carbocycles. The third-order valence-electron chi connectivity index (χ3n) is 7.40. The van der Waals surface area contributed by atoms with Gasteiger partial charge in [0.1, 0.15) is 18.2 Å². The van der Waals surface area contributed by atoms with Crippen LogP contribution in [-0.2, 0) is 9.53 Å². The van der Waals surface area contributed by atoms with E-state index < -0.39 is 0 Å². The van der Waals surface area contributed by atoms with Crippen molar-refractivity contribution in [3.05, 3.63) is 53.8 Å². The van der Waals surface area contributed by atoms with Crippen LogP contribution < -0.4 is 4.74 Å². The maximum atomic E-state index is 15.1. The van der Waals surface area contributed by atoms with Crippen molar-refractivity contribution in [2.75, 3.05) is 33.4 Å². The summed E-state index contributed by atoms with van der Waals surface area (Å²) in [5.74, 6) is 0.743. The third-order valence-corrected chi connectivity index (χ3v) is 7.40. The highest BCUT2D eigenvalue weighted by Gasteiger charge is 2.46. The summed E-state index contributed by atoms with van der Waals surface area (Å²) in [7, 11) is 1.64. The number of morpholine rings is 1. The minimum Gasteiger partial charge on any atom is -0.497 e. The number of rotatable bonds is 5. The zero-order chi connectivity index (χ0) is 22.3. The Balaban J connectivity index is 1.25. The fourth-order valence-corrected chi connectivity index (χ4v) is 5.11. The van der Waals surface area contributed by atoms with Crippen molar-refractivity contribution in [1.29, 1.82) is 0 Å². The lowest BCUT2D eigenvalue weighted by Crippen LogP contribution is -2.59. The average Bonchev–Trinajstić information content (AvgIpc) is 3.66. The Morgan fingerprint density at radius 2 is 1.78 bits per heavy atom. The molecule has 2 aromatic carbocycles. The molecule has 2 saturated heterocycles. The van der Waals surface area contributed by atoms with Gasteiger partial charge in [0.05, 0.1) is 19.3 Å². The summed E-state index contributed by atoms with van der Waals surface area (Å²) in [6.07, 6.45) is 3.99. The molecule has 5 nitrogen and oxygen atoms in total. The van der Waals surface area contributed by atoms with Gasteiger partial charge in [-0.2, -0.15) is 0 Å². The number of amides is 1. The number of methoxy groups -OCH3 is 1. The van der Waals surface area contributed by atoms with Crippen LogP contribution in [0.4, 0.5) is 4.39 Å². The highest BCUT2D eigenvalue weighted by atomic mass is 19.1. The zero-order valence-electron chi connectivity index (χ0n) is 18.9. The monoisotopic (exact) mass is 438 g/mol. The first-order valence-corrected chi connectivity index (χ1v) is 11.6. The van der Waals surface area contributed by atoms with Crippen LogP contribution in [0.15, 0.2) is 42.5 Å². The van der Waals surface area contributed by atoms with E-state index in [0.29, 0.717) is 12.6 Å². The van der Waals surface area contributed by atoms with E-state index >= 15 is 4.39 Å². The van der Waals surface area contributed by atoms with E-state index in [0.717, 1.165) is 61.2 Å². The van der Waals surface area contributed by atoms with Crippen molar-refractivity contribution in [2.45, 2.75) is 50.3 Å². The maximum absolute atomic E-state index is 15.1. The largest absolute Gasteiger partial charge is 0.497 e. The average molecular weight is 439 g/mol. The third kappa shape index (κ3) is 4.14. The molecule has 2 aromatic rings. The van der Waals surface area contributed by atoms with E-state index in [1.165, 1.54) is 0 Å². The summed E-state index contributed by atoms with van der Waals surface area (Å²) >= 11 is 0. The fourth-order valence-electron chi connectivity index (χ4n) is 5.11. The molecule has 0 bridgehead atoms. The molecule has 170 valence electrons. The topological polar surface area (TPSA) is 42.0 Å². The van der Waals surface area contributed by atoms with Gasteiger partial charge in [-0.3, -0.25) is 9.69 Å². The number of carbonyl (C=O) groups is 1. The number of likely N-dealkylation sites (tertiary alicyclic amines) is 1. The van der Waals surface area contributed by atoms with Crippen molar-refractivity contribution in [2.24, 2.45) is 0 Å². The highest BCUT2D eigenvalue weighted by molar-refractivity contribution is 5.79. The molecule has 3 fully saturated rings. The van der Waals surface area contributed by atoms with Crippen molar-refractivity contribution < 1.29 is 18.7 Å². The first-order chi connectivity index (χ1) is 15.5. The lowest BCUT2D eigenvalue weighted by atomic mass is 9.87. The Morgan fingerprint density at radius 1 is 1.09 bits per heavy atom. The van der Waals surface area contributed by atoms with E-state index in [-0.39, 0.29) is 30.0 Å². The number of carbonyl (C=O) groups excluding carboxylic acids is 1. The summed E-state index contributed by atoms with van der Waals surface area (Å²) < 4.78 is 26.4. The molecule has 6 heteroatoms. The van der Waals surface area contributed by atoms with E-state index in [1.54, 1.807) is 13.2 Å². The number of piperidine rings is 1. The van der Waals surface area contributed by atoms with Crippen LogP contribution in [0.1, 0.15) is 44.2 Å². The zero-order valence-corrected chi connectivity index (χ0v) is 18.9. The van der Waals surface area contributed by atoms with Gasteiger partial charge in [-0.15, -0.1) is 0 Å². The molecule has 1 unspecified atom stereocenters. The quantitative estimate of drug-likeness (QED) is 0.693. The summed E-state index contributed by atoms with van der Waals surface area (Å²) in [6, 6.07) is 13.6. The highest BCUT2D eigenvalue weighted by Crippen LogP contribution is 2.38. The minimum atomic E-state index is -0.233. The van der Waals surface area contributed by atoms with Crippen LogP contribution in [0.5, 0.6) is 5.75 Å². The molecule has 2 heterocycles. The van der Waals surface area contributed by atoms with Gasteiger partial charge in [-0.05, 0) is 61.9 Å². The molecule has 1 atom stereocenters. The van der Waals surface area contributed by atoms with Crippen LogP contribution in [0.2, 0.25) is 0 Å². The van der Waals surface area contributed by atoms with Crippen LogP contribution >= 0.6 is 0 Å². The Kier molecular flexibility index (Phi) is 5.68. The van der Waals surface area contributed by atoms with Crippen molar-refractivity contribution in [3.63, 3.8) is 0 Å². The molecule has 1 aliphatic carbocycles. The Morgan fingerprint density at radius 3 is 2.41 bits per heavy atom. The van der Waals surface area contributed by atoms with E-state index in [9.17, 15) is 4.79 Å². The minimum absolute atomic E-state index is 0.0120. The van der Waals surface area contributed by atoms with Gasteiger partial charge in [-0.1, -0.05) is 24.3 Å². The van der Waals surface area contributed by atoms with Crippen molar-refractivity contribution >= 4 is 5.91 Å². The fraction of sp³-hybridized carbons (Fsp3) is 0.500. The van der Waals surface area contributed by atoms with Gasteiger partial charge in [0.15, 0.2) is 0 Å². The number of nitrogens with zero attached hydrogens (tertiary/aromatic N) is 2. The molecule has 3 aliphatic rings. The van der Waals surface area contributed by atoms with Crippen LogP contribution in [0.25, 0.3) is 11.1 Å². The SMILES string of the molecule is COc1ccc(-c2ccc(C(C)N3CCC4(CC3)CN(C3CC3)C(=O)CO4)c(F)c2)cc1. The second kappa shape index (κ2) is 8.49. The first-order valence-electron chi connectivity index (χ1n) is 11.6. The Labute approximate surface area is 189 Å². The predicted octanol–water partition coefficient (Wildman–Crippen LogP) is 4.42. The summed E-state index contributed by atoms with van der Waals surface area (Å²) in [6.45, 7) is 4.67. The van der Waals surface area contributed by atoms with E-state index in [2.05, 4.69) is 11.8 Å². The summed E-state index contributed by atoms with van der Waals surface area (Å²) in [4.78, 5) is 16.6. The molecular weight excluding hydrogens is 407 g/mol. The molecule has 2 aliphatic heterocycles. The van der Waals surface area contributed by atoms with Crippen molar-refractivity contribution in [3.8, 4) is 16.9 Å². The van der Waals surface area contributed by atoms with E-state index in [1.807, 2.05) is 41.3 Å². The van der Waals surface area contributed by atoms with Crippen LogP contribution in [0, 0.1) is 5.82 Å². The van der Waals surface area contributed by atoms with Crippen molar-refractivity contribution in [1.82, 2.24) is 9.80 Å². The van der Waals surface area contributed by atoms with Gasteiger partial charge in [0, 0.05) is 30.7 Å². The molecule has 0 aromatic heterocycles. The standard InChI is InChI=1S/C26H31FN2O3/c1-18(23-10-5-20(15-24(23)27)19-3-8-22(31-2)9-4-19)28-13-11-26(12-14-28)17-29(21-6-7-21)25(30)16-32-26/h3-5,8-10,15,18,21H,6-7,11-14,16-17H2,1-2H3. The lowest BCUT2D eigenvalue weighted by molar-refractivity contribution is -0.173. The van der Waals surface area contributed by atoms with Gasteiger partial charge < -0.3 is 14.4 Å². The first kappa shape index (κ1) is 21.4. The van der Waals surface area contributed by atoms with E-state index in [4.69, 9.17) is 9.47 Å². The molecule has 32 heavy (non-hydrogen) atoms. The molecular formula is C26H31FN2O3. The molecule has 0 N–H and O–H groups in total. The van der Waals surface area contributed by atoms with Gasteiger partial charge in [-0.25, -0.2) is 4.39 Å². The molecule has 1 spiro atoms. The van der Waals surface area contributed by atoms with Gasteiger partial charge in [0.25, 0.3) is 0 Å². The lowest BCUT2D eigenvalue weighted by Gasteiger charge is -2.48. The summed E-state index contributed by atoms with van der Waals surface area (Å²) in [5, 5.41) is 0. The Hall–Kier alpha value is -2.44. The smallest absolute Gasteiger partial charge is 0.248 e. The molecule has 1 amide bonds. The Bertz CT molecular complexity index is 981. The number of halogens is 1. The summed E-state index contributed by atoms with van der Waals surface area (Å²) in [5.41, 5.74) is 2.31. The molecule has 0 radical (unpaired) electrons. The van der Waals surface area contributed by atoms with Gasteiger partial charge in [0.2, 0.25) is 5.91 Å². The van der Waals surface area contributed by atoms with Crippen LogP contribution in [-0.4, -0.2) is 60.7 Å². The number of benzene rings is 2. The molecule has 5 rings (SSSR count). The number of hydrogen-bond donors (Lipinski definition) is 0. The predicted molar refractivity (Wildman–Crippen MR) is 121 cm³/mol. The number of ether oxygens (including phenoxy) is 2. The second-order valence-corrected chi connectivity index (χ2v) is 9.40.